The van der Waals surface area contributed by atoms with Crippen molar-refractivity contribution in [3.63, 3.8) is 0 Å². The SMILES string of the molecule is CCC1CCC(N(C)CCC(C)c2ccc(N)cc2)CC1. The normalized spacial score (nSPS) is 24.2. The monoisotopic (exact) mass is 288 g/mol. The van der Waals surface area contributed by atoms with Gasteiger partial charge in [0.25, 0.3) is 0 Å². The van der Waals surface area contributed by atoms with Crippen LogP contribution in [-0.4, -0.2) is 24.5 Å². The highest BCUT2D eigenvalue weighted by Gasteiger charge is 2.23. The maximum absolute atomic E-state index is 5.76. The molecule has 1 aliphatic carbocycles. The minimum Gasteiger partial charge on any atom is -0.399 e. The average molecular weight is 288 g/mol. The number of benzene rings is 1. The Morgan fingerprint density at radius 1 is 1.14 bits per heavy atom. The molecule has 2 heteroatoms. The van der Waals surface area contributed by atoms with E-state index in [1.54, 1.807) is 0 Å². The number of hydrogen-bond acceptors (Lipinski definition) is 2. The van der Waals surface area contributed by atoms with Crippen molar-refractivity contribution in [2.45, 2.75) is 64.3 Å². The molecule has 0 heterocycles. The van der Waals surface area contributed by atoms with Gasteiger partial charge in [0.2, 0.25) is 0 Å². The first-order valence-electron chi connectivity index (χ1n) is 8.65. The molecule has 2 rings (SSSR count). The van der Waals surface area contributed by atoms with Gasteiger partial charge in [0.05, 0.1) is 0 Å². The van der Waals surface area contributed by atoms with Gasteiger partial charge in [0.15, 0.2) is 0 Å². The van der Waals surface area contributed by atoms with Crippen LogP contribution in [0, 0.1) is 5.92 Å². The molecule has 1 aliphatic rings. The van der Waals surface area contributed by atoms with Gasteiger partial charge < -0.3 is 10.6 Å². The molecule has 0 saturated heterocycles. The maximum Gasteiger partial charge on any atom is 0.0314 e. The highest BCUT2D eigenvalue weighted by Crippen LogP contribution is 2.29. The highest BCUT2D eigenvalue weighted by molar-refractivity contribution is 5.40. The second-order valence-corrected chi connectivity index (χ2v) is 6.92. The lowest BCUT2D eigenvalue weighted by Gasteiger charge is -2.35. The molecule has 21 heavy (non-hydrogen) atoms. The predicted molar refractivity (Wildman–Crippen MR) is 92.6 cm³/mol. The summed E-state index contributed by atoms with van der Waals surface area (Å²) in [7, 11) is 2.31. The van der Waals surface area contributed by atoms with Crippen LogP contribution in [0.15, 0.2) is 24.3 Å². The fraction of sp³-hybridized carbons (Fsp3) is 0.684. The lowest BCUT2D eigenvalue weighted by molar-refractivity contribution is 0.160. The second-order valence-electron chi connectivity index (χ2n) is 6.92. The number of rotatable bonds is 6. The van der Waals surface area contributed by atoms with Gasteiger partial charge in [-0.1, -0.05) is 32.4 Å². The summed E-state index contributed by atoms with van der Waals surface area (Å²) >= 11 is 0. The van der Waals surface area contributed by atoms with E-state index in [-0.39, 0.29) is 0 Å². The number of nitrogens with two attached hydrogens (primary N) is 1. The summed E-state index contributed by atoms with van der Waals surface area (Å²) in [6.07, 6.45) is 8.24. The van der Waals surface area contributed by atoms with Gasteiger partial charge in [0, 0.05) is 11.7 Å². The molecule has 1 fully saturated rings. The predicted octanol–water partition coefficient (Wildman–Crippen LogP) is 4.66. The number of nitrogens with zero attached hydrogens (tertiary/aromatic N) is 1. The van der Waals surface area contributed by atoms with Gasteiger partial charge in [-0.25, -0.2) is 0 Å². The Kier molecular flexibility index (Phi) is 6.10. The van der Waals surface area contributed by atoms with Gasteiger partial charge >= 0.3 is 0 Å². The zero-order valence-electron chi connectivity index (χ0n) is 14.0. The molecule has 1 aromatic rings. The Labute approximate surface area is 130 Å². The van der Waals surface area contributed by atoms with Gasteiger partial charge in [-0.15, -0.1) is 0 Å². The van der Waals surface area contributed by atoms with Crippen LogP contribution < -0.4 is 5.73 Å². The standard InChI is InChI=1S/C19H32N2/c1-4-16-5-11-19(12-6-16)21(3)14-13-15(2)17-7-9-18(20)10-8-17/h7-10,15-16,19H,4-6,11-14,20H2,1-3H3. The molecule has 0 spiro atoms. The van der Waals surface area contributed by atoms with Crippen molar-refractivity contribution in [2.24, 2.45) is 5.92 Å². The van der Waals surface area contributed by atoms with E-state index in [1.807, 2.05) is 12.1 Å². The van der Waals surface area contributed by atoms with E-state index in [1.165, 1.54) is 50.6 Å². The Balaban J connectivity index is 1.76. The van der Waals surface area contributed by atoms with Crippen molar-refractivity contribution >= 4 is 5.69 Å². The number of hydrogen-bond donors (Lipinski definition) is 1. The summed E-state index contributed by atoms with van der Waals surface area (Å²) in [5.41, 5.74) is 8.03. The Morgan fingerprint density at radius 2 is 1.76 bits per heavy atom. The van der Waals surface area contributed by atoms with E-state index in [0.717, 1.165) is 17.6 Å². The van der Waals surface area contributed by atoms with Crippen LogP contribution in [0.3, 0.4) is 0 Å². The minimum absolute atomic E-state index is 0.611. The molecule has 1 saturated carbocycles. The molecular weight excluding hydrogens is 256 g/mol. The van der Waals surface area contributed by atoms with Crippen LogP contribution in [0.25, 0.3) is 0 Å². The molecule has 0 aliphatic heterocycles. The van der Waals surface area contributed by atoms with Gasteiger partial charge in [-0.3, -0.25) is 0 Å². The van der Waals surface area contributed by atoms with Gasteiger partial charge in [-0.05, 0) is 75.2 Å². The third kappa shape index (κ3) is 4.74. The largest absolute Gasteiger partial charge is 0.399 e. The number of nitrogen functional groups attached to an aromatic ring is 1. The lowest BCUT2D eigenvalue weighted by Crippen LogP contribution is -2.36. The van der Waals surface area contributed by atoms with E-state index in [4.69, 9.17) is 5.73 Å². The van der Waals surface area contributed by atoms with Crippen LogP contribution in [-0.2, 0) is 0 Å². The topological polar surface area (TPSA) is 29.3 Å². The average Bonchev–Trinajstić information content (AvgIpc) is 2.53. The summed E-state index contributed by atoms with van der Waals surface area (Å²) in [6, 6.07) is 9.19. The Bertz CT molecular complexity index is 404. The van der Waals surface area contributed by atoms with Crippen LogP contribution in [0.5, 0.6) is 0 Å². The summed E-state index contributed by atoms with van der Waals surface area (Å²) < 4.78 is 0. The van der Waals surface area contributed by atoms with Crippen molar-refractivity contribution in [2.75, 3.05) is 19.3 Å². The van der Waals surface area contributed by atoms with Crippen molar-refractivity contribution in [3.8, 4) is 0 Å². The zero-order valence-corrected chi connectivity index (χ0v) is 14.0. The van der Waals surface area contributed by atoms with E-state index < -0.39 is 0 Å². The molecule has 0 bridgehead atoms. The van der Waals surface area contributed by atoms with E-state index in [9.17, 15) is 0 Å². The smallest absolute Gasteiger partial charge is 0.0314 e. The van der Waals surface area contributed by atoms with E-state index >= 15 is 0 Å². The summed E-state index contributed by atoms with van der Waals surface area (Å²) in [4.78, 5) is 2.60. The van der Waals surface area contributed by atoms with Crippen LogP contribution in [0.2, 0.25) is 0 Å². The molecule has 1 aromatic carbocycles. The fourth-order valence-corrected chi connectivity index (χ4v) is 3.56. The molecule has 0 amide bonds. The molecule has 118 valence electrons. The molecule has 0 aromatic heterocycles. The Hall–Kier alpha value is -1.02. The fourth-order valence-electron chi connectivity index (χ4n) is 3.56. The lowest BCUT2D eigenvalue weighted by atomic mass is 9.84. The second kappa shape index (κ2) is 7.84. The maximum atomic E-state index is 5.76. The summed E-state index contributed by atoms with van der Waals surface area (Å²) in [5, 5.41) is 0. The van der Waals surface area contributed by atoms with Gasteiger partial charge in [-0.2, -0.15) is 0 Å². The molecular formula is C19H32N2. The zero-order chi connectivity index (χ0) is 15.2. The minimum atomic E-state index is 0.611. The van der Waals surface area contributed by atoms with E-state index in [2.05, 4.69) is 37.9 Å². The molecule has 1 unspecified atom stereocenters. The summed E-state index contributed by atoms with van der Waals surface area (Å²) in [6.45, 7) is 5.86. The van der Waals surface area contributed by atoms with Crippen molar-refractivity contribution in [3.05, 3.63) is 29.8 Å². The molecule has 0 radical (unpaired) electrons. The van der Waals surface area contributed by atoms with E-state index in [0.29, 0.717) is 5.92 Å². The quantitative estimate of drug-likeness (QED) is 0.771. The van der Waals surface area contributed by atoms with Crippen molar-refractivity contribution in [1.29, 1.82) is 0 Å². The molecule has 2 nitrogen and oxygen atoms in total. The van der Waals surface area contributed by atoms with Crippen molar-refractivity contribution in [1.82, 2.24) is 4.90 Å². The van der Waals surface area contributed by atoms with Crippen LogP contribution in [0.4, 0.5) is 5.69 Å². The molecule has 2 N–H and O–H groups in total. The third-order valence-corrected chi connectivity index (χ3v) is 5.44. The molecule has 1 atom stereocenters. The van der Waals surface area contributed by atoms with Crippen LogP contribution >= 0.6 is 0 Å². The van der Waals surface area contributed by atoms with Gasteiger partial charge in [0.1, 0.15) is 0 Å². The van der Waals surface area contributed by atoms with Crippen molar-refractivity contribution < 1.29 is 0 Å². The first-order valence-corrected chi connectivity index (χ1v) is 8.65. The first-order chi connectivity index (χ1) is 10.1. The third-order valence-electron chi connectivity index (χ3n) is 5.44. The first kappa shape index (κ1) is 16.4. The summed E-state index contributed by atoms with van der Waals surface area (Å²) in [5.74, 6) is 1.60. The van der Waals surface area contributed by atoms with Crippen LogP contribution in [0.1, 0.15) is 63.9 Å². The number of anilines is 1. The highest BCUT2D eigenvalue weighted by atomic mass is 15.1. The Morgan fingerprint density at radius 3 is 2.33 bits per heavy atom.